The van der Waals surface area contributed by atoms with E-state index in [2.05, 4.69) is 4.98 Å². The molecule has 1 saturated carbocycles. The van der Waals surface area contributed by atoms with E-state index in [0.29, 0.717) is 19.2 Å². The second-order valence-electron chi connectivity index (χ2n) is 6.75. The Morgan fingerprint density at radius 1 is 1.45 bits per heavy atom. The molecule has 3 heterocycles. The van der Waals surface area contributed by atoms with Gasteiger partial charge in [0.05, 0.1) is 12.4 Å². The molecule has 1 atom stereocenters. The molecular weight excluding hydrogens is 322 g/mol. The summed E-state index contributed by atoms with van der Waals surface area (Å²) in [7, 11) is -1.65. The van der Waals surface area contributed by atoms with Crippen molar-refractivity contribution >= 4 is 21.8 Å². The number of rotatable bonds is 5. The second kappa shape index (κ2) is 5.22. The maximum atomic E-state index is 12.5. The van der Waals surface area contributed by atoms with E-state index in [9.17, 15) is 8.42 Å². The lowest BCUT2D eigenvalue weighted by Crippen LogP contribution is -2.60. The van der Waals surface area contributed by atoms with Crippen LogP contribution in [0.5, 0.6) is 0 Å². The van der Waals surface area contributed by atoms with Gasteiger partial charge in [-0.3, -0.25) is 0 Å². The van der Waals surface area contributed by atoms with Gasteiger partial charge in [-0.25, -0.2) is 13.4 Å². The van der Waals surface area contributed by atoms with Crippen molar-refractivity contribution < 1.29 is 13.2 Å². The van der Waals surface area contributed by atoms with Crippen LogP contribution in [0.1, 0.15) is 19.3 Å². The molecule has 3 aliphatic rings. The van der Waals surface area contributed by atoms with E-state index in [4.69, 9.17) is 4.74 Å². The van der Waals surface area contributed by atoms with Crippen molar-refractivity contribution in [3.8, 4) is 0 Å². The molecule has 1 aromatic heterocycles. The molecule has 3 fully saturated rings. The third-order valence-corrected chi connectivity index (χ3v) is 7.91. The van der Waals surface area contributed by atoms with Gasteiger partial charge in [-0.15, -0.1) is 11.8 Å². The SMILES string of the molecule is Cn1cnc(S(=O)(=O)N2CC3(C[C@H](OCC4CC4)CS3)C2)c1. The normalized spacial score (nSPS) is 28.1. The van der Waals surface area contributed by atoms with Gasteiger partial charge in [0, 0.05) is 43.4 Å². The molecule has 0 unspecified atom stereocenters. The van der Waals surface area contributed by atoms with Crippen molar-refractivity contribution in [2.75, 3.05) is 25.4 Å². The minimum atomic E-state index is -3.43. The van der Waals surface area contributed by atoms with Gasteiger partial charge >= 0.3 is 0 Å². The number of ether oxygens (including phenoxy) is 1. The van der Waals surface area contributed by atoms with Gasteiger partial charge in [-0.1, -0.05) is 0 Å². The Morgan fingerprint density at radius 3 is 2.86 bits per heavy atom. The highest BCUT2D eigenvalue weighted by atomic mass is 32.2. The number of thioether (sulfide) groups is 1. The zero-order chi connectivity index (χ0) is 15.4. The summed E-state index contributed by atoms with van der Waals surface area (Å²) in [6.45, 7) is 2.05. The largest absolute Gasteiger partial charge is 0.377 e. The first-order chi connectivity index (χ1) is 10.5. The van der Waals surface area contributed by atoms with Crippen LogP contribution in [0.4, 0.5) is 0 Å². The first-order valence-corrected chi connectivity index (χ1v) is 10.1. The first-order valence-electron chi connectivity index (χ1n) is 7.71. The fourth-order valence-corrected chi connectivity index (χ4v) is 6.40. The van der Waals surface area contributed by atoms with Crippen LogP contribution in [0.25, 0.3) is 0 Å². The summed E-state index contributed by atoms with van der Waals surface area (Å²) in [4.78, 5) is 3.98. The summed E-state index contributed by atoms with van der Waals surface area (Å²) >= 11 is 1.88. The van der Waals surface area contributed by atoms with Crippen molar-refractivity contribution in [2.45, 2.75) is 35.1 Å². The van der Waals surface area contributed by atoms with Gasteiger partial charge in [0.25, 0.3) is 10.0 Å². The Kier molecular flexibility index (Phi) is 3.56. The summed E-state index contributed by atoms with van der Waals surface area (Å²) in [6.07, 6.45) is 6.96. The number of aryl methyl sites for hydroxylation is 1. The third kappa shape index (κ3) is 2.70. The Bertz CT molecular complexity index is 663. The molecule has 8 heteroatoms. The van der Waals surface area contributed by atoms with Crippen LogP contribution in [0.15, 0.2) is 17.6 Å². The van der Waals surface area contributed by atoms with E-state index in [1.54, 1.807) is 22.1 Å². The van der Waals surface area contributed by atoms with Crippen LogP contribution in [0.3, 0.4) is 0 Å². The molecule has 0 aromatic carbocycles. The van der Waals surface area contributed by atoms with Gasteiger partial charge < -0.3 is 9.30 Å². The zero-order valence-corrected chi connectivity index (χ0v) is 14.3. The summed E-state index contributed by atoms with van der Waals surface area (Å²) in [5, 5.41) is 0.148. The standard InChI is InChI=1S/C14H21N3O3S2/c1-16-5-13(15-10-16)22(18,19)17-8-14(9-17)4-12(7-21-14)20-6-11-2-3-11/h5,10-12H,2-4,6-9H2,1H3/t12-/m0/s1. The molecule has 0 bridgehead atoms. The van der Waals surface area contributed by atoms with Crippen LogP contribution in [0.2, 0.25) is 0 Å². The predicted molar refractivity (Wildman–Crippen MR) is 84.2 cm³/mol. The molecule has 0 amide bonds. The average Bonchev–Trinajstić information content (AvgIpc) is 2.98. The highest BCUT2D eigenvalue weighted by molar-refractivity contribution is 8.01. The molecule has 22 heavy (non-hydrogen) atoms. The van der Waals surface area contributed by atoms with Gasteiger partial charge in [0.2, 0.25) is 0 Å². The minimum Gasteiger partial charge on any atom is -0.377 e. The maximum Gasteiger partial charge on any atom is 0.262 e. The van der Waals surface area contributed by atoms with E-state index in [-0.39, 0.29) is 9.77 Å². The fourth-order valence-electron chi connectivity index (χ4n) is 3.11. The summed E-state index contributed by atoms with van der Waals surface area (Å²) in [6, 6.07) is 0. The van der Waals surface area contributed by atoms with E-state index in [0.717, 1.165) is 24.7 Å². The van der Waals surface area contributed by atoms with Crippen LogP contribution in [-0.4, -0.2) is 58.6 Å². The molecule has 122 valence electrons. The number of imidazole rings is 1. The Morgan fingerprint density at radius 2 is 2.23 bits per heavy atom. The first kappa shape index (κ1) is 15.0. The molecule has 4 rings (SSSR count). The van der Waals surface area contributed by atoms with Crippen molar-refractivity contribution in [1.82, 2.24) is 13.9 Å². The molecule has 6 nitrogen and oxygen atoms in total. The molecule has 1 aromatic rings. The summed E-state index contributed by atoms with van der Waals surface area (Å²) in [5.74, 6) is 1.77. The Hall–Kier alpha value is -0.570. The average molecular weight is 343 g/mol. The van der Waals surface area contributed by atoms with E-state index >= 15 is 0 Å². The van der Waals surface area contributed by atoms with Gasteiger partial charge in [-0.05, 0) is 25.2 Å². The maximum absolute atomic E-state index is 12.5. The van der Waals surface area contributed by atoms with E-state index in [1.807, 2.05) is 11.8 Å². The van der Waals surface area contributed by atoms with Crippen molar-refractivity contribution in [2.24, 2.45) is 13.0 Å². The lowest BCUT2D eigenvalue weighted by molar-refractivity contribution is 0.0446. The van der Waals surface area contributed by atoms with E-state index < -0.39 is 10.0 Å². The number of nitrogens with zero attached hydrogens (tertiary/aromatic N) is 3. The molecule has 2 aliphatic heterocycles. The Balaban J connectivity index is 1.35. The molecule has 0 N–H and O–H groups in total. The van der Waals surface area contributed by atoms with Crippen LogP contribution >= 0.6 is 11.8 Å². The van der Waals surface area contributed by atoms with Crippen molar-refractivity contribution in [3.05, 3.63) is 12.5 Å². The Labute approximate surface area is 135 Å². The second-order valence-corrected chi connectivity index (χ2v) is 10.1. The third-order valence-electron chi connectivity index (χ3n) is 4.65. The molecule has 1 aliphatic carbocycles. The van der Waals surface area contributed by atoms with E-state index in [1.165, 1.54) is 19.2 Å². The van der Waals surface area contributed by atoms with Gasteiger partial charge in [0.1, 0.15) is 0 Å². The van der Waals surface area contributed by atoms with Crippen molar-refractivity contribution in [1.29, 1.82) is 0 Å². The number of sulfonamides is 1. The lowest BCUT2D eigenvalue weighted by atomic mass is 9.95. The van der Waals surface area contributed by atoms with Crippen LogP contribution < -0.4 is 0 Å². The monoisotopic (exact) mass is 343 g/mol. The number of aromatic nitrogens is 2. The highest BCUT2D eigenvalue weighted by Gasteiger charge is 2.53. The summed E-state index contributed by atoms with van der Waals surface area (Å²) < 4.78 is 34.2. The molecule has 1 spiro atoms. The molecule has 0 radical (unpaired) electrons. The van der Waals surface area contributed by atoms with Crippen molar-refractivity contribution in [3.63, 3.8) is 0 Å². The fraction of sp³-hybridized carbons (Fsp3) is 0.786. The highest BCUT2D eigenvalue weighted by Crippen LogP contribution is 2.47. The molecular formula is C14H21N3O3S2. The minimum absolute atomic E-state index is 0.0655. The topological polar surface area (TPSA) is 64.4 Å². The van der Waals surface area contributed by atoms with Crippen LogP contribution in [0, 0.1) is 5.92 Å². The van der Waals surface area contributed by atoms with Crippen LogP contribution in [-0.2, 0) is 21.8 Å². The zero-order valence-electron chi connectivity index (χ0n) is 12.6. The summed E-state index contributed by atoms with van der Waals surface area (Å²) in [5.41, 5.74) is 0. The smallest absolute Gasteiger partial charge is 0.262 e. The van der Waals surface area contributed by atoms with Gasteiger partial charge in [0.15, 0.2) is 5.03 Å². The number of hydrogen-bond donors (Lipinski definition) is 0. The predicted octanol–water partition coefficient (Wildman–Crippen LogP) is 1.10. The number of hydrogen-bond acceptors (Lipinski definition) is 5. The quantitative estimate of drug-likeness (QED) is 0.801. The molecule has 2 saturated heterocycles. The van der Waals surface area contributed by atoms with Gasteiger partial charge in [-0.2, -0.15) is 4.31 Å². The lowest BCUT2D eigenvalue weighted by Gasteiger charge is -2.45.